The second-order valence-corrected chi connectivity index (χ2v) is 5.40. The lowest BCUT2D eigenvalue weighted by Gasteiger charge is -2.12. The Labute approximate surface area is 141 Å². The normalized spacial score (nSPS) is 10.9. The van der Waals surface area contributed by atoms with Gasteiger partial charge >= 0.3 is 5.69 Å². The van der Waals surface area contributed by atoms with Crippen LogP contribution in [0.4, 0.5) is 0 Å². The highest BCUT2D eigenvalue weighted by atomic mass is 16.5. The lowest BCUT2D eigenvalue weighted by Crippen LogP contribution is -2.53. The minimum absolute atomic E-state index is 0.0789. The summed E-state index contributed by atoms with van der Waals surface area (Å²) in [6.07, 6.45) is 3.74. The second kappa shape index (κ2) is 7.21. The van der Waals surface area contributed by atoms with Gasteiger partial charge in [0.25, 0.3) is 0 Å². The molecule has 0 N–H and O–H groups in total. The minimum atomic E-state index is -0.0789. The summed E-state index contributed by atoms with van der Waals surface area (Å²) in [4.78, 5) is 12.2. The third-order valence-electron chi connectivity index (χ3n) is 4.00. The summed E-state index contributed by atoms with van der Waals surface area (Å²) in [5.74, 6) is 1.86. The fourth-order valence-corrected chi connectivity index (χ4v) is 2.44. The SMILES string of the molecule is COc1cc(/C=C/c2cc(C)n(C)c(=O)[n+]2C)c(OC)c(OC)c1. The zero-order valence-corrected chi connectivity index (χ0v) is 14.9. The Hall–Kier alpha value is -2.76. The number of hydrogen-bond donors (Lipinski definition) is 0. The fourth-order valence-electron chi connectivity index (χ4n) is 2.44. The number of ether oxygens (including phenoxy) is 3. The maximum atomic E-state index is 12.2. The maximum Gasteiger partial charge on any atom is 0.498 e. The molecule has 0 radical (unpaired) electrons. The third kappa shape index (κ3) is 3.27. The molecule has 0 fully saturated rings. The number of benzene rings is 1. The Morgan fingerprint density at radius 2 is 1.75 bits per heavy atom. The Balaban J connectivity index is 2.55. The molecule has 1 heterocycles. The van der Waals surface area contributed by atoms with Crippen LogP contribution >= 0.6 is 0 Å². The molecule has 128 valence electrons. The molecular formula is C18H23N2O4+. The number of aryl methyl sites for hydroxylation is 1. The van der Waals surface area contributed by atoms with Crippen LogP contribution in [0.15, 0.2) is 23.0 Å². The Morgan fingerprint density at radius 3 is 2.33 bits per heavy atom. The summed E-state index contributed by atoms with van der Waals surface area (Å²) in [6, 6.07) is 5.56. The van der Waals surface area contributed by atoms with Crippen LogP contribution in [0.1, 0.15) is 17.0 Å². The van der Waals surface area contributed by atoms with Crippen LogP contribution in [0.2, 0.25) is 0 Å². The van der Waals surface area contributed by atoms with Gasteiger partial charge in [-0.3, -0.25) is 0 Å². The van der Waals surface area contributed by atoms with Gasteiger partial charge in [-0.25, -0.2) is 0 Å². The molecule has 0 aliphatic heterocycles. The number of rotatable bonds is 5. The molecule has 24 heavy (non-hydrogen) atoms. The van der Waals surface area contributed by atoms with Crippen molar-refractivity contribution in [2.75, 3.05) is 21.3 Å². The molecule has 6 nitrogen and oxygen atoms in total. The molecule has 0 saturated heterocycles. The van der Waals surface area contributed by atoms with Crippen LogP contribution in [0.5, 0.6) is 17.2 Å². The predicted octanol–water partition coefficient (Wildman–Crippen LogP) is 1.71. The molecule has 0 atom stereocenters. The highest BCUT2D eigenvalue weighted by Gasteiger charge is 2.14. The highest BCUT2D eigenvalue weighted by molar-refractivity contribution is 5.74. The van der Waals surface area contributed by atoms with Crippen LogP contribution in [0.3, 0.4) is 0 Å². The molecule has 0 aliphatic carbocycles. The van der Waals surface area contributed by atoms with E-state index in [-0.39, 0.29) is 5.69 Å². The van der Waals surface area contributed by atoms with Gasteiger partial charge in [-0.1, -0.05) is 0 Å². The summed E-state index contributed by atoms with van der Waals surface area (Å²) in [7, 11) is 8.25. The van der Waals surface area contributed by atoms with Crippen molar-refractivity contribution in [2.45, 2.75) is 6.92 Å². The highest BCUT2D eigenvalue weighted by Crippen LogP contribution is 2.36. The van der Waals surface area contributed by atoms with Gasteiger partial charge in [-0.2, -0.15) is 13.9 Å². The van der Waals surface area contributed by atoms with Crippen molar-refractivity contribution in [1.29, 1.82) is 0 Å². The van der Waals surface area contributed by atoms with E-state index in [1.807, 2.05) is 31.2 Å². The lowest BCUT2D eigenvalue weighted by atomic mass is 10.1. The zero-order valence-electron chi connectivity index (χ0n) is 14.9. The van der Waals surface area contributed by atoms with E-state index >= 15 is 0 Å². The summed E-state index contributed by atoms with van der Waals surface area (Å²) in [5, 5.41) is 0. The van der Waals surface area contributed by atoms with E-state index in [2.05, 4.69) is 0 Å². The number of hydrogen-bond acceptors (Lipinski definition) is 4. The number of nitrogens with zero attached hydrogens (tertiary/aromatic N) is 2. The molecule has 1 aromatic heterocycles. The van der Waals surface area contributed by atoms with Crippen molar-refractivity contribution in [1.82, 2.24) is 4.57 Å². The smallest absolute Gasteiger partial charge is 0.497 e. The monoisotopic (exact) mass is 331 g/mol. The van der Waals surface area contributed by atoms with Crippen molar-refractivity contribution < 1.29 is 18.8 Å². The van der Waals surface area contributed by atoms with Crippen LogP contribution in [0, 0.1) is 6.92 Å². The second-order valence-electron chi connectivity index (χ2n) is 5.40. The maximum absolute atomic E-state index is 12.2. The van der Waals surface area contributed by atoms with Crippen LogP contribution in [0.25, 0.3) is 12.2 Å². The van der Waals surface area contributed by atoms with E-state index < -0.39 is 0 Å². The topological polar surface area (TPSA) is 53.6 Å². The van der Waals surface area contributed by atoms with Gasteiger partial charge in [0, 0.05) is 17.7 Å². The van der Waals surface area contributed by atoms with Crippen molar-refractivity contribution in [3.8, 4) is 17.2 Å². The average molecular weight is 331 g/mol. The van der Waals surface area contributed by atoms with E-state index in [0.717, 1.165) is 17.0 Å². The minimum Gasteiger partial charge on any atom is -0.497 e. The standard InChI is InChI=1S/C18H23N2O4/c1-12-9-14(20(3)18(21)19(12)2)8-7-13-10-15(22-4)11-16(23-5)17(13)24-6/h7-11H,1-6H3/q+1/b8-7+. The fraction of sp³-hybridized carbons (Fsp3) is 0.333. The molecule has 0 saturated carbocycles. The molecule has 2 rings (SSSR count). The van der Waals surface area contributed by atoms with E-state index in [9.17, 15) is 4.79 Å². The van der Waals surface area contributed by atoms with Gasteiger partial charge < -0.3 is 14.2 Å². The van der Waals surface area contributed by atoms with E-state index in [1.54, 1.807) is 50.6 Å². The van der Waals surface area contributed by atoms with Crippen LogP contribution in [-0.2, 0) is 14.1 Å². The summed E-state index contributed by atoms with van der Waals surface area (Å²) in [6.45, 7) is 1.90. The van der Waals surface area contributed by atoms with Crippen molar-refractivity contribution in [2.24, 2.45) is 14.1 Å². The first kappa shape index (κ1) is 17.6. The summed E-state index contributed by atoms with van der Waals surface area (Å²) in [5.41, 5.74) is 2.39. The molecule has 0 unspecified atom stereocenters. The van der Waals surface area contributed by atoms with E-state index in [1.165, 1.54) is 0 Å². The third-order valence-corrected chi connectivity index (χ3v) is 4.00. The largest absolute Gasteiger partial charge is 0.498 e. The quantitative estimate of drug-likeness (QED) is 0.783. The molecule has 0 aliphatic rings. The van der Waals surface area contributed by atoms with Crippen molar-refractivity contribution >= 4 is 12.2 Å². The Kier molecular flexibility index (Phi) is 5.28. The average Bonchev–Trinajstić information content (AvgIpc) is 2.60. The van der Waals surface area contributed by atoms with Crippen molar-refractivity contribution in [3.63, 3.8) is 0 Å². The first-order chi connectivity index (χ1) is 11.4. The van der Waals surface area contributed by atoms with Crippen LogP contribution < -0.4 is 24.5 Å². The Morgan fingerprint density at radius 1 is 1.04 bits per heavy atom. The summed E-state index contributed by atoms with van der Waals surface area (Å²) >= 11 is 0. The van der Waals surface area contributed by atoms with E-state index in [4.69, 9.17) is 14.2 Å². The van der Waals surface area contributed by atoms with E-state index in [0.29, 0.717) is 17.2 Å². The molecule has 0 spiro atoms. The zero-order chi connectivity index (χ0) is 17.9. The lowest BCUT2D eigenvalue weighted by molar-refractivity contribution is -0.692. The van der Waals surface area contributed by atoms with Gasteiger partial charge in [-0.05, 0) is 25.1 Å². The number of aromatic nitrogens is 2. The molecule has 2 aromatic rings. The molecule has 0 bridgehead atoms. The Bertz CT molecular complexity index is 838. The number of methoxy groups -OCH3 is 3. The van der Waals surface area contributed by atoms with Crippen molar-refractivity contribution in [3.05, 3.63) is 45.6 Å². The van der Waals surface area contributed by atoms with Gasteiger partial charge in [0.05, 0.1) is 35.4 Å². The summed E-state index contributed by atoms with van der Waals surface area (Å²) < 4.78 is 19.3. The molecule has 6 heteroatoms. The first-order valence-electron chi connectivity index (χ1n) is 7.47. The molecular weight excluding hydrogens is 308 g/mol. The van der Waals surface area contributed by atoms with Crippen LogP contribution in [-0.4, -0.2) is 25.9 Å². The first-order valence-corrected chi connectivity index (χ1v) is 7.47. The van der Waals surface area contributed by atoms with Gasteiger partial charge in [0.2, 0.25) is 0 Å². The molecule has 0 amide bonds. The van der Waals surface area contributed by atoms with Gasteiger partial charge in [0.15, 0.2) is 11.5 Å². The molecule has 1 aromatic carbocycles. The van der Waals surface area contributed by atoms with Gasteiger partial charge in [-0.15, -0.1) is 0 Å². The predicted molar refractivity (Wildman–Crippen MR) is 92.6 cm³/mol. The van der Waals surface area contributed by atoms with Gasteiger partial charge in [0.1, 0.15) is 17.1 Å².